The lowest BCUT2D eigenvalue weighted by atomic mass is 9.91. The van der Waals surface area contributed by atoms with E-state index in [1.54, 1.807) is 25.2 Å². The van der Waals surface area contributed by atoms with E-state index in [0.717, 1.165) is 49.9 Å². The van der Waals surface area contributed by atoms with Gasteiger partial charge in [-0.1, -0.05) is 0 Å². The van der Waals surface area contributed by atoms with E-state index in [1.807, 2.05) is 9.80 Å². The second kappa shape index (κ2) is 12.2. The minimum atomic E-state index is -4.59. The molecule has 2 fully saturated rings. The number of hydrogen-bond acceptors (Lipinski definition) is 6. The van der Waals surface area contributed by atoms with Crippen LogP contribution in [0, 0.1) is 17.1 Å². The molecule has 0 aromatic heterocycles. The normalized spacial score (nSPS) is 23.0. The molecule has 1 saturated carbocycles. The fourth-order valence-electron chi connectivity index (χ4n) is 6.03. The minimum absolute atomic E-state index is 0.0162. The molecule has 220 valence electrons. The van der Waals surface area contributed by atoms with Gasteiger partial charge in [-0.25, -0.2) is 4.39 Å². The Balaban J connectivity index is 1.02. The van der Waals surface area contributed by atoms with Gasteiger partial charge in [0.05, 0.1) is 23.3 Å². The van der Waals surface area contributed by atoms with Gasteiger partial charge in [0.1, 0.15) is 24.3 Å². The molecule has 0 bridgehead atoms. The Morgan fingerprint density at radius 2 is 1.83 bits per heavy atom. The van der Waals surface area contributed by atoms with Crippen molar-refractivity contribution < 1.29 is 31.8 Å². The summed E-state index contributed by atoms with van der Waals surface area (Å²) in [6, 6.07) is 10.1. The van der Waals surface area contributed by atoms with Crippen LogP contribution in [0.25, 0.3) is 0 Å². The van der Waals surface area contributed by atoms with Crippen molar-refractivity contribution in [3.63, 3.8) is 0 Å². The Hall–Kier alpha value is -3.36. The maximum absolute atomic E-state index is 13.5. The molecule has 0 spiro atoms. The summed E-state index contributed by atoms with van der Waals surface area (Å²) in [5.74, 6) is 0.447. The molecule has 2 aromatic carbocycles. The number of amides is 1. The zero-order chi connectivity index (χ0) is 29.1. The quantitative estimate of drug-likeness (QED) is 0.450. The molecule has 1 saturated heterocycles. The molecular weight excluding hydrogens is 540 g/mol. The number of rotatable bonds is 7. The van der Waals surface area contributed by atoms with Crippen LogP contribution in [0.15, 0.2) is 36.4 Å². The van der Waals surface area contributed by atoms with Gasteiger partial charge in [0.15, 0.2) is 0 Å². The fraction of sp³-hybridized carbons (Fsp3) is 0.533. The number of fused-ring (bicyclic) bond motifs is 1. The van der Waals surface area contributed by atoms with E-state index < -0.39 is 11.7 Å². The van der Waals surface area contributed by atoms with E-state index >= 15 is 0 Å². The predicted molar refractivity (Wildman–Crippen MR) is 144 cm³/mol. The van der Waals surface area contributed by atoms with Gasteiger partial charge in [0.25, 0.3) is 0 Å². The molecule has 41 heavy (non-hydrogen) atoms. The smallest absolute Gasteiger partial charge is 0.417 e. The summed E-state index contributed by atoms with van der Waals surface area (Å²) >= 11 is 0. The molecule has 7 nitrogen and oxygen atoms in total. The minimum Gasteiger partial charge on any atom is -0.488 e. The van der Waals surface area contributed by atoms with Crippen molar-refractivity contribution in [1.29, 1.82) is 5.26 Å². The number of carbonyl (C=O) groups is 1. The summed E-state index contributed by atoms with van der Waals surface area (Å²) in [5, 5.41) is 9.04. The number of alkyl halides is 3. The number of nitriles is 1. The van der Waals surface area contributed by atoms with Crippen molar-refractivity contribution in [2.45, 2.75) is 56.5 Å². The molecule has 5 rings (SSSR count). The highest BCUT2D eigenvalue weighted by molar-refractivity contribution is 5.77. The number of carbonyl (C=O) groups excluding carboxylic acids is 1. The van der Waals surface area contributed by atoms with Crippen LogP contribution in [0.3, 0.4) is 0 Å². The van der Waals surface area contributed by atoms with Gasteiger partial charge < -0.3 is 19.3 Å². The number of piperazine rings is 1. The van der Waals surface area contributed by atoms with Crippen molar-refractivity contribution >= 4 is 11.6 Å². The largest absolute Gasteiger partial charge is 0.488 e. The van der Waals surface area contributed by atoms with Gasteiger partial charge in [0, 0.05) is 63.5 Å². The zero-order valence-corrected chi connectivity index (χ0v) is 23.0. The van der Waals surface area contributed by atoms with E-state index in [9.17, 15) is 22.4 Å². The van der Waals surface area contributed by atoms with E-state index in [2.05, 4.69) is 4.90 Å². The van der Waals surface area contributed by atoms with Gasteiger partial charge in [-0.2, -0.15) is 18.4 Å². The monoisotopic (exact) mass is 574 g/mol. The van der Waals surface area contributed by atoms with Crippen molar-refractivity contribution in [3.05, 3.63) is 58.9 Å². The van der Waals surface area contributed by atoms with Crippen LogP contribution in [-0.4, -0.2) is 80.3 Å². The van der Waals surface area contributed by atoms with Crippen molar-refractivity contribution in [1.82, 2.24) is 9.80 Å². The molecule has 1 amide bonds. The van der Waals surface area contributed by atoms with Crippen LogP contribution in [0.4, 0.5) is 23.2 Å². The Morgan fingerprint density at radius 1 is 1.10 bits per heavy atom. The third kappa shape index (κ3) is 6.93. The number of hydrogen-bond donors (Lipinski definition) is 0. The van der Waals surface area contributed by atoms with Crippen LogP contribution in [0.1, 0.15) is 42.4 Å². The molecule has 2 aromatic rings. The van der Waals surface area contributed by atoms with E-state index in [0.29, 0.717) is 38.0 Å². The molecule has 0 radical (unpaired) electrons. The first kappa shape index (κ1) is 29.1. The Bertz CT molecular complexity index is 1280. The number of benzene rings is 2. The molecule has 2 heterocycles. The van der Waals surface area contributed by atoms with Crippen LogP contribution in [-0.2, 0) is 22.1 Å². The highest BCUT2D eigenvalue weighted by Crippen LogP contribution is 2.36. The average molecular weight is 575 g/mol. The summed E-state index contributed by atoms with van der Waals surface area (Å²) in [6.45, 7) is 3.43. The summed E-state index contributed by atoms with van der Waals surface area (Å²) in [5.41, 5.74) is 0.0127. The maximum atomic E-state index is 13.5. The van der Waals surface area contributed by atoms with Crippen molar-refractivity contribution in [2.75, 3.05) is 51.3 Å². The number of ether oxygens (including phenoxy) is 2. The topological polar surface area (TPSA) is 69.0 Å². The van der Waals surface area contributed by atoms with E-state index in [-0.39, 0.29) is 42.1 Å². The molecule has 2 aliphatic heterocycles. The zero-order valence-electron chi connectivity index (χ0n) is 23.0. The maximum Gasteiger partial charge on any atom is 0.417 e. The molecule has 1 unspecified atom stereocenters. The lowest BCUT2D eigenvalue weighted by Crippen LogP contribution is -2.51. The van der Waals surface area contributed by atoms with Gasteiger partial charge in [0.2, 0.25) is 5.91 Å². The summed E-state index contributed by atoms with van der Waals surface area (Å²) < 4.78 is 65.5. The Morgan fingerprint density at radius 3 is 2.51 bits per heavy atom. The van der Waals surface area contributed by atoms with Crippen molar-refractivity contribution in [2.24, 2.45) is 0 Å². The highest BCUT2D eigenvalue weighted by atomic mass is 19.4. The molecular formula is C30H34F4N4O3. The number of nitrogens with zero attached hydrogens (tertiary/aromatic N) is 4. The molecule has 1 atom stereocenters. The lowest BCUT2D eigenvalue weighted by molar-refractivity contribution is -0.141. The average Bonchev–Trinajstić information content (AvgIpc) is 3.36. The first-order valence-electron chi connectivity index (χ1n) is 14.0. The van der Waals surface area contributed by atoms with Gasteiger partial charge in [-0.05, 0) is 62.1 Å². The lowest BCUT2D eigenvalue weighted by Gasteiger charge is -2.37. The summed E-state index contributed by atoms with van der Waals surface area (Å²) in [6.07, 6.45) is -1.11. The third-order valence-corrected chi connectivity index (χ3v) is 8.42. The first-order chi connectivity index (χ1) is 19.6. The number of halogens is 4. The molecule has 3 aliphatic rings. The van der Waals surface area contributed by atoms with Crippen LogP contribution < -0.4 is 9.64 Å². The van der Waals surface area contributed by atoms with E-state index in [1.165, 1.54) is 18.2 Å². The van der Waals surface area contributed by atoms with Gasteiger partial charge in [-0.3, -0.25) is 9.69 Å². The molecule has 0 N–H and O–H groups in total. The highest BCUT2D eigenvalue weighted by Gasteiger charge is 2.35. The first-order valence-corrected chi connectivity index (χ1v) is 14.0. The third-order valence-electron chi connectivity index (χ3n) is 8.42. The van der Waals surface area contributed by atoms with Crippen molar-refractivity contribution in [3.8, 4) is 11.8 Å². The summed E-state index contributed by atoms with van der Waals surface area (Å²) in [7, 11) is 1.77. The standard InChI is InChI=1S/C30H34F4N4O3/c1-36(24-4-2-20(17-35)27(16-24)30(32,33)34)23-5-7-25(8-6-23)40-19-29(39)38-12-10-37(11-13-38)18-26-15-21-14-22(31)3-9-28(21)41-26/h2-4,9,14,16,23,25-26H,5-8,10-13,15,18-19H2,1H3/t23-,25-,26?. The number of anilines is 1. The predicted octanol–water partition coefficient (Wildman–Crippen LogP) is 4.63. The second-order valence-electron chi connectivity index (χ2n) is 11.1. The Labute approximate surface area is 237 Å². The summed E-state index contributed by atoms with van der Waals surface area (Å²) in [4.78, 5) is 18.7. The van der Waals surface area contributed by atoms with Gasteiger partial charge >= 0.3 is 6.18 Å². The van der Waals surface area contributed by atoms with Crippen LogP contribution in [0.5, 0.6) is 5.75 Å². The van der Waals surface area contributed by atoms with Gasteiger partial charge in [-0.15, -0.1) is 0 Å². The fourth-order valence-corrected chi connectivity index (χ4v) is 6.03. The van der Waals surface area contributed by atoms with Crippen LogP contribution in [0.2, 0.25) is 0 Å². The molecule has 11 heteroatoms. The van der Waals surface area contributed by atoms with Crippen LogP contribution >= 0.6 is 0 Å². The van der Waals surface area contributed by atoms with E-state index in [4.69, 9.17) is 14.7 Å². The Kier molecular flexibility index (Phi) is 8.71. The SMILES string of the molecule is CN(c1ccc(C#N)c(C(F)(F)F)c1)[C@H]1CC[C@H](OCC(=O)N2CCN(CC3Cc4cc(F)ccc4O3)CC2)CC1. The molecule has 1 aliphatic carbocycles. The second-order valence-corrected chi connectivity index (χ2v) is 11.1.